The molecule has 0 saturated carbocycles. The fraction of sp³-hybridized carbons (Fsp3) is 0.200. The smallest absolute Gasteiger partial charge is 0.232 e. The third kappa shape index (κ3) is 1.83. The van der Waals surface area contributed by atoms with E-state index in [4.69, 9.17) is 0 Å². The van der Waals surface area contributed by atoms with E-state index in [1.54, 1.807) is 6.92 Å². The first-order valence-corrected chi connectivity index (χ1v) is 6.06. The summed E-state index contributed by atoms with van der Waals surface area (Å²) in [4.78, 5) is 2.20. The summed E-state index contributed by atoms with van der Waals surface area (Å²) in [6, 6.07) is 9.40. The number of hydrogen-bond donors (Lipinski definition) is 0. The number of benzene rings is 1. The maximum absolute atomic E-state index is 11.8. The second-order valence-electron chi connectivity index (χ2n) is 3.16. The van der Waals surface area contributed by atoms with Crippen molar-refractivity contribution in [2.24, 2.45) is 0 Å². The lowest BCUT2D eigenvalue weighted by molar-refractivity contribution is -0.694. The minimum atomic E-state index is 0.660. The van der Waals surface area contributed by atoms with Crippen LogP contribution >= 0.6 is 22.6 Å². The molecule has 15 heavy (non-hydrogen) atoms. The van der Waals surface area contributed by atoms with Crippen molar-refractivity contribution in [3.05, 3.63) is 46.9 Å². The van der Waals surface area contributed by atoms with E-state index in [1.165, 1.54) is 4.80 Å². The Morgan fingerprint density at radius 2 is 2.07 bits per heavy atom. The van der Waals surface area contributed by atoms with E-state index < -0.39 is 0 Å². The summed E-state index contributed by atoms with van der Waals surface area (Å²) in [6.07, 6.45) is 0. The Kier molecular flexibility index (Phi) is 2.90. The summed E-state index contributed by atoms with van der Waals surface area (Å²) >= 11 is 2.20. The van der Waals surface area contributed by atoms with Crippen molar-refractivity contribution in [3.63, 3.8) is 0 Å². The molecule has 2 aromatic rings. The Balaban J connectivity index is 2.55. The van der Waals surface area contributed by atoms with Crippen molar-refractivity contribution in [3.8, 4) is 5.69 Å². The number of halogens is 1. The van der Waals surface area contributed by atoms with E-state index in [0.717, 1.165) is 20.7 Å². The van der Waals surface area contributed by atoms with Gasteiger partial charge in [-0.3, -0.25) is 0 Å². The van der Waals surface area contributed by atoms with Crippen molar-refractivity contribution < 1.29 is 4.85 Å². The number of hydrogen-bond acceptors (Lipinski definition) is 2. The van der Waals surface area contributed by atoms with Gasteiger partial charge in [-0.05, 0) is 16.9 Å². The fourth-order valence-electron chi connectivity index (χ4n) is 1.33. The predicted octanol–water partition coefficient (Wildman–Crippen LogP) is 1.75. The maximum atomic E-state index is 11.8. The molecule has 0 aliphatic carbocycles. The number of nitrogens with zero attached hydrogens (tertiary/aromatic N) is 3. The molecule has 0 saturated heterocycles. The van der Waals surface area contributed by atoms with Crippen LogP contribution in [-0.4, -0.2) is 9.90 Å². The minimum Gasteiger partial charge on any atom is -0.692 e. The summed E-state index contributed by atoms with van der Waals surface area (Å²) in [5.41, 5.74) is 2.27. The van der Waals surface area contributed by atoms with Gasteiger partial charge in [-0.2, -0.15) is 4.85 Å². The first-order chi connectivity index (χ1) is 7.24. The minimum absolute atomic E-state index is 0.660. The molecule has 5 heteroatoms. The third-order valence-electron chi connectivity index (χ3n) is 2.21. The molecule has 1 aromatic heterocycles. The van der Waals surface area contributed by atoms with Gasteiger partial charge in [0.15, 0.2) is 5.69 Å². The van der Waals surface area contributed by atoms with Crippen LogP contribution in [0.1, 0.15) is 11.4 Å². The van der Waals surface area contributed by atoms with Gasteiger partial charge in [-0.1, -0.05) is 40.8 Å². The van der Waals surface area contributed by atoms with Crippen LogP contribution in [0.5, 0.6) is 0 Å². The Bertz CT molecular complexity index is 467. The highest BCUT2D eigenvalue weighted by molar-refractivity contribution is 14.1. The normalized spacial score (nSPS) is 10.5. The summed E-state index contributed by atoms with van der Waals surface area (Å²) in [5, 5.41) is 16.0. The molecular weight excluding hydrogens is 305 g/mol. The lowest BCUT2D eigenvalue weighted by Crippen LogP contribution is -2.39. The van der Waals surface area contributed by atoms with E-state index in [0.29, 0.717) is 5.69 Å². The molecule has 78 valence electrons. The molecule has 0 amide bonds. The summed E-state index contributed by atoms with van der Waals surface area (Å²) in [6.45, 7) is 1.79. The molecule has 0 aliphatic rings. The van der Waals surface area contributed by atoms with Crippen LogP contribution in [0, 0.1) is 12.1 Å². The zero-order chi connectivity index (χ0) is 10.8. The van der Waals surface area contributed by atoms with Crippen LogP contribution in [-0.2, 0) is 4.43 Å². The summed E-state index contributed by atoms with van der Waals surface area (Å²) in [7, 11) is 0. The van der Waals surface area contributed by atoms with Gasteiger partial charge >= 0.3 is 0 Å². The van der Waals surface area contributed by atoms with E-state index in [9.17, 15) is 5.21 Å². The lowest BCUT2D eigenvalue weighted by Gasteiger charge is -2.03. The van der Waals surface area contributed by atoms with Crippen molar-refractivity contribution >= 4 is 22.6 Å². The average molecular weight is 315 g/mol. The Labute approximate surface area is 101 Å². The van der Waals surface area contributed by atoms with Crippen LogP contribution in [0.15, 0.2) is 30.3 Å². The number of alkyl halides is 1. The van der Waals surface area contributed by atoms with Gasteiger partial charge in [0.2, 0.25) is 5.69 Å². The van der Waals surface area contributed by atoms with Crippen LogP contribution in [0.4, 0.5) is 0 Å². The van der Waals surface area contributed by atoms with Gasteiger partial charge in [0.05, 0.1) is 4.43 Å². The Hall–Kier alpha value is -1.11. The first kappa shape index (κ1) is 10.4. The molecule has 1 heterocycles. The molecule has 0 fully saturated rings. The van der Waals surface area contributed by atoms with Gasteiger partial charge in [0.1, 0.15) is 5.69 Å². The predicted molar refractivity (Wildman–Crippen MR) is 65.0 cm³/mol. The second kappa shape index (κ2) is 4.18. The maximum Gasteiger partial charge on any atom is 0.232 e. The highest BCUT2D eigenvalue weighted by Crippen LogP contribution is 2.08. The van der Waals surface area contributed by atoms with Crippen molar-refractivity contribution in [1.82, 2.24) is 9.90 Å². The van der Waals surface area contributed by atoms with Crippen LogP contribution in [0.25, 0.3) is 5.69 Å². The molecule has 1 aromatic carbocycles. The molecule has 0 spiro atoms. The monoisotopic (exact) mass is 315 g/mol. The zero-order valence-electron chi connectivity index (χ0n) is 8.22. The SMILES string of the molecule is Cc1c(CI)nn(-c2ccccc2)[n+]1[O-]. The van der Waals surface area contributed by atoms with Crippen molar-refractivity contribution in [2.75, 3.05) is 0 Å². The van der Waals surface area contributed by atoms with Crippen LogP contribution in [0.3, 0.4) is 0 Å². The highest BCUT2D eigenvalue weighted by atomic mass is 127. The molecule has 0 atom stereocenters. The number of rotatable bonds is 2. The van der Waals surface area contributed by atoms with Crippen molar-refractivity contribution in [2.45, 2.75) is 11.4 Å². The van der Waals surface area contributed by atoms with Crippen molar-refractivity contribution in [1.29, 1.82) is 0 Å². The van der Waals surface area contributed by atoms with E-state index in [2.05, 4.69) is 27.7 Å². The largest absolute Gasteiger partial charge is 0.692 e. The van der Waals surface area contributed by atoms with E-state index >= 15 is 0 Å². The topological polar surface area (TPSA) is 44.8 Å². The molecule has 4 nitrogen and oxygen atoms in total. The second-order valence-corrected chi connectivity index (χ2v) is 3.93. The van der Waals surface area contributed by atoms with E-state index in [1.807, 2.05) is 30.3 Å². The quantitative estimate of drug-likeness (QED) is 0.367. The first-order valence-electron chi connectivity index (χ1n) is 4.53. The Morgan fingerprint density at radius 1 is 1.40 bits per heavy atom. The average Bonchev–Trinajstić information content (AvgIpc) is 2.57. The Morgan fingerprint density at radius 3 is 2.60 bits per heavy atom. The van der Waals surface area contributed by atoms with Gasteiger partial charge < -0.3 is 5.21 Å². The van der Waals surface area contributed by atoms with Gasteiger partial charge in [-0.25, -0.2) is 0 Å². The third-order valence-corrected chi connectivity index (χ3v) is 2.93. The molecule has 0 aliphatic heterocycles. The fourth-order valence-corrected chi connectivity index (χ4v) is 2.03. The highest BCUT2D eigenvalue weighted by Gasteiger charge is 2.18. The van der Waals surface area contributed by atoms with Gasteiger partial charge in [0.25, 0.3) is 0 Å². The van der Waals surface area contributed by atoms with E-state index in [-0.39, 0.29) is 0 Å². The molecule has 0 N–H and O–H groups in total. The van der Waals surface area contributed by atoms with Crippen LogP contribution in [0.2, 0.25) is 0 Å². The molecule has 0 bridgehead atoms. The number of aromatic nitrogens is 3. The lowest BCUT2D eigenvalue weighted by atomic mass is 10.3. The zero-order valence-corrected chi connectivity index (χ0v) is 10.4. The molecule has 0 unspecified atom stereocenters. The molecular formula is C10H10IN3O. The molecule has 0 radical (unpaired) electrons. The van der Waals surface area contributed by atoms with Crippen LogP contribution < -0.4 is 4.85 Å². The summed E-state index contributed by atoms with van der Waals surface area (Å²) in [5.74, 6) is 0. The van der Waals surface area contributed by atoms with Gasteiger partial charge in [-0.15, -0.1) is 0 Å². The summed E-state index contributed by atoms with van der Waals surface area (Å²) < 4.78 is 0.742. The number of para-hydroxylation sites is 1. The molecule has 2 rings (SSSR count). The standard InChI is InChI=1S/C10H10IN3O/c1-8-10(7-11)12-13(14(8)15)9-5-3-2-4-6-9/h2-6H,7H2,1H3. The van der Waals surface area contributed by atoms with Gasteiger partial charge in [0, 0.05) is 12.0 Å².